The third-order valence-corrected chi connectivity index (χ3v) is 2.97. The maximum atomic E-state index is 11.4. The van der Waals surface area contributed by atoms with Crippen LogP contribution in [-0.4, -0.2) is 56.2 Å². The van der Waals surface area contributed by atoms with Crippen molar-refractivity contribution in [2.75, 3.05) is 33.4 Å². The summed E-state index contributed by atoms with van der Waals surface area (Å²) in [6.07, 6.45) is 2.38. The molecule has 0 aliphatic carbocycles. The SMILES string of the molecule is CCC(=CCN1CCOCC1C(N)=O)C(=O)OC. The number of methoxy groups -OCH3 is 1. The fraction of sp³-hybridized carbons (Fsp3) is 0.667. The molecule has 1 rings (SSSR count). The first-order valence-corrected chi connectivity index (χ1v) is 5.98. The van der Waals surface area contributed by atoms with Gasteiger partial charge in [-0.1, -0.05) is 13.0 Å². The average molecular weight is 256 g/mol. The Morgan fingerprint density at radius 2 is 2.28 bits per heavy atom. The van der Waals surface area contributed by atoms with E-state index in [9.17, 15) is 9.59 Å². The van der Waals surface area contributed by atoms with Crippen molar-refractivity contribution in [3.8, 4) is 0 Å². The average Bonchev–Trinajstić information content (AvgIpc) is 2.39. The van der Waals surface area contributed by atoms with Gasteiger partial charge in [-0.25, -0.2) is 4.79 Å². The van der Waals surface area contributed by atoms with Crippen LogP contribution in [0.25, 0.3) is 0 Å². The number of ether oxygens (including phenoxy) is 2. The van der Waals surface area contributed by atoms with Crippen molar-refractivity contribution in [2.45, 2.75) is 19.4 Å². The van der Waals surface area contributed by atoms with Crippen molar-refractivity contribution in [1.82, 2.24) is 4.90 Å². The Morgan fingerprint density at radius 1 is 1.56 bits per heavy atom. The Morgan fingerprint density at radius 3 is 2.83 bits per heavy atom. The van der Waals surface area contributed by atoms with E-state index in [4.69, 9.17) is 10.5 Å². The Balaban J connectivity index is 2.66. The Kier molecular flexibility index (Phi) is 5.80. The second-order valence-corrected chi connectivity index (χ2v) is 4.06. The molecule has 1 aliphatic rings. The molecule has 1 amide bonds. The van der Waals surface area contributed by atoms with E-state index in [0.717, 1.165) is 0 Å². The summed E-state index contributed by atoms with van der Waals surface area (Å²) >= 11 is 0. The van der Waals surface area contributed by atoms with Crippen LogP contribution in [0.1, 0.15) is 13.3 Å². The van der Waals surface area contributed by atoms with Gasteiger partial charge < -0.3 is 15.2 Å². The second kappa shape index (κ2) is 7.13. The minimum Gasteiger partial charge on any atom is -0.466 e. The second-order valence-electron chi connectivity index (χ2n) is 4.06. The van der Waals surface area contributed by atoms with Crippen molar-refractivity contribution >= 4 is 11.9 Å². The Labute approximate surface area is 107 Å². The number of carbonyl (C=O) groups excluding carboxylic acids is 2. The fourth-order valence-corrected chi connectivity index (χ4v) is 1.85. The normalized spacial score (nSPS) is 21.7. The van der Waals surface area contributed by atoms with Crippen LogP contribution in [0, 0.1) is 0 Å². The molecule has 0 aromatic rings. The number of hydrogen-bond donors (Lipinski definition) is 1. The number of nitrogens with two attached hydrogens (primary N) is 1. The van der Waals surface area contributed by atoms with Gasteiger partial charge in [0.1, 0.15) is 6.04 Å². The first-order chi connectivity index (χ1) is 8.60. The number of primary amides is 1. The van der Waals surface area contributed by atoms with Gasteiger partial charge >= 0.3 is 5.97 Å². The van der Waals surface area contributed by atoms with Crippen molar-refractivity contribution in [3.63, 3.8) is 0 Å². The number of morpholine rings is 1. The summed E-state index contributed by atoms with van der Waals surface area (Å²) in [5.74, 6) is -0.736. The lowest BCUT2D eigenvalue weighted by molar-refractivity contribution is -0.136. The van der Waals surface area contributed by atoms with Crippen LogP contribution in [0.2, 0.25) is 0 Å². The topological polar surface area (TPSA) is 81.9 Å². The van der Waals surface area contributed by atoms with Crippen LogP contribution in [0.3, 0.4) is 0 Å². The smallest absolute Gasteiger partial charge is 0.333 e. The lowest BCUT2D eigenvalue weighted by atomic mass is 10.1. The van der Waals surface area contributed by atoms with Crippen molar-refractivity contribution in [2.24, 2.45) is 5.73 Å². The number of nitrogens with zero attached hydrogens (tertiary/aromatic N) is 1. The van der Waals surface area contributed by atoms with Gasteiger partial charge in [-0.05, 0) is 6.42 Å². The maximum absolute atomic E-state index is 11.4. The largest absolute Gasteiger partial charge is 0.466 e. The van der Waals surface area contributed by atoms with Crippen LogP contribution in [0.4, 0.5) is 0 Å². The molecule has 0 radical (unpaired) electrons. The van der Waals surface area contributed by atoms with Gasteiger partial charge in [0.05, 0.1) is 20.3 Å². The van der Waals surface area contributed by atoms with Gasteiger partial charge in [0.25, 0.3) is 0 Å². The lowest BCUT2D eigenvalue weighted by Gasteiger charge is -2.32. The van der Waals surface area contributed by atoms with E-state index in [1.54, 1.807) is 6.08 Å². The number of carbonyl (C=O) groups is 2. The van der Waals surface area contributed by atoms with Crippen LogP contribution in [0.15, 0.2) is 11.6 Å². The zero-order chi connectivity index (χ0) is 13.5. The van der Waals surface area contributed by atoms with Gasteiger partial charge in [0.15, 0.2) is 0 Å². The standard InChI is InChI=1S/C12H20N2O4/c1-3-9(12(16)17-2)4-5-14-6-7-18-8-10(14)11(13)15/h4,10H,3,5-8H2,1-2H3,(H2,13,15). The number of rotatable bonds is 5. The van der Waals surface area contributed by atoms with E-state index in [1.807, 2.05) is 11.8 Å². The summed E-state index contributed by atoms with van der Waals surface area (Å²) in [5, 5.41) is 0. The summed E-state index contributed by atoms with van der Waals surface area (Å²) in [6.45, 7) is 3.88. The summed E-state index contributed by atoms with van der Waals surface area (Å²) in [7, 11) is 1.35. The Hall–Kier alpha value is -1.40. The van der Waals surface area contributed by atoms with Gasteiger partial charge in [0.2, 0.25) is 5.91 Å². The first-order valence-electron chi connectivity index (χ1n) is 5.98. The zero-order valence-corrected chi connectivity index (χ0v) is 10.8. The molecular weight excluding hydrogens is 236 g/mol. The van der Waals surface area contributed by atoms with Gasteiger partial charge in [-0.2, -0.15) is 0 Å². The minimum atomic E-state index is -0.425. The van der Waals surface area contributed by atoms with E-state index in [0.29, 0.717) is 38.3 Å². The molecule has 6 heteroatoms. The number of amides is 1. The number of esters is 1. The maximum Gasteiger partial charge on any atom is 0.333 e. The molecule has 1 heterocycles. The highest BCUT2D eigenvalue weighted by atomic mass is 16.5. The molecule has 1 unspecified atom stereocenters. The van der Waals surface area contributed by atoms with E-state index in [1.165, 1.54) is 7.11 Å². The van der Waals surface area contributed by atoms with Crippen LogP contribution in [-0.2, 0) is 19.1 Å². The summed E-state index contributed by atoms with van der Waals surface area (Å²) in [6, 6.07) is -0.425. The molecule has 0 spiro atoms. The van der Waals surface area contributed by atoms with Crippen molar-refractivity contribution in [1.29, 1.82) is 0 Å². The quantitative estimate of drug-likeness (QED) is 0.538. The minimum absolute atomic E-state index is 0.308. The highest BCUT2D eigenvalue weighted by Gasteiger charge is 2.26. The molecule has 1 atom stereocenters. The lowest BCUT2D eigenvalue weighted by Crippen LogP contribution is -2.52. The molecule has 1 fully saturated rings. The van der Waals surface area contributed by atoms with Crippen molar-refractivity contribution < 1.29 is 19.1 Å². The summed E-state index contributed by atoms with van der Waals surface area (Å²) < 4.78 is 9.90. The summed E-state index contributed by atoms with van der Waals surface area (Å²) in [5.41, 5.74) is 5.91. The molecule has 2 N–H and O–H groups in total. The van der Waals surface area contributed by atoms with Gasteiger partial charge in [-0.15, -0.1) is 0 Å². The van der Waals surface area contributed by atoms with E-state index in [-0.39, 0.29) is 5.97 Å². The van der Waals surface area contributed by atoms with Crippen LogP contribution in [0.5, 0.6) is 0 Å². The molecule has 0 bridgehead atoms. The molecule has 0 aromatic carbocycles. The molecule has 18 heavy (non-hydrogen) atoms. The zero-order valence-electron chi connectivity index (χ0n) is 10.8. The number of hydrogen-bond acceptors (Lipinski definition) is 5. The molecule has 0 aromatic heterocycles. The van der Waals surface area contributed by atoms with Gasteiger partial charge in [-0.3, -0.25) is 9.69 Å². The third kappa shape index (κ3) is 3.82. The van der Waals surface area contributed by atoms with Crippen molar-refractivity contribution in [3.05, 3.63) is 11.6 Å². The van der Waals surface area contributed by atoms with Gasteiger partial charge in [0, 0.05) is 18.7 Å². The molecule has 6 nitrogen and oxygen atoms in total. The predicted molar refractivity (Wildman–Crippen MR) is 65.8 cm³/mol. The van der Waals surface area contributed by atoms with Crippen LogP contribution >= 0.6 is 0 Å². The first kappa shape index (κ1) is 14.7. The van der Waals surface area contributed by atoms with E-state index in [2.05, 4.69) is 4.74 Å². The molecule has 0 saturated carbocycles. The molecule has 1 saturated heterocycles. The molecule has 1 aliphatic heterocycles. The highest BCUT2D eigenvalue weighted by molar-refractivity contribution is 5.88. The molecular formula is C12H20N2O4. The summed E-state index contributed by atoms with van der Waals surface area (Å²) in [4.78, 5) is 24.6. The fourth-order valence-electron chi connectivity index (χ4n) is 1.85. The van der Waals surface area contributed by atoms with Crippen LogP contribution < -0.4 is 5.73 Å². The predicted octanol–water partition coefficient (Wildman–Crippen LogP) is -0.318. The monoisotopic (exact) mass is 256 g/mol. The van der Waals surface area contributed by atoms with E-state index >= 15 is 0 Å². The Bertz CT molecular complexity index is 341. The third-order valence-electron chi connectivity index (χ3n) is 2.97. The van der Waals surface area contributed by atoms with E-state index < -0.39 is 11.9 Å². The highest BCUT2D eigenvalue weighted by Crippen LogP contribution is 2.09. The molecule has 102 valence electrons.